The molecule has 0 bridgehead atoms. The lowest BCUT2D eigenvalue weighted by atomic mass is 10.0. The fourth-order valence-corrected chi connectivity index (χ4v) is 2.29. The van der Waals surface area contributed by atoms with Crippen LogP contribution in [-0.4, -0.2) is 35.5 Å². The Bertz CT molecular complexity index is 473. The molecule has 0 N–H and O–H groups in total. The van der Waals surface area contributed by atoms with Gasteiger partial charge in [0.25, 0.3) is 11.8 Å². The Labute approximate surface area is 113 Å². The second kappa shape index (κ2) is 5.13. The van der Waals surface area contributed by atoms with Crippen LogP contribution in [0.5, 0.6) is 0 Å². The third kappa shape index (κ3) is 2.68. The van der Waals surface area contributed by atoms with Gasteiger partial charge in [-0.15, -0.1) is 0 Å². The van der Waals surface area contributed by atoms with Gasteiger partial charge in [-0.1, -0.05) is 12.1 Å². The first kappa shape index (κ1) is 13.7. The first-order valence-electron chi connectivity index (χ1n) is 6.55. The van der Waals surface area contributed by atoms with Crippen molar-refractivity contribution in [2.24, 2.45) is 0 Å². The minimum Gasteiger partial charge on any atom is -0.376 e. The molecule has 0 aromatic heterocycles. The van der Waals surface area contributed by atoms with Crippen LogP contribution in [0.25, 0.3) is 0 Å². The van der Waals surface area contributed by atoms with Gasteiger partial charge in [-0.2, -0.15) is 0 Å². The van der Waals surface area contributed by atoms with E-state index in [0.717, 1.165) is 0 Å². The number of ether oxygens (including phenoxy) is 1. The molecule has 1 aliphatic rings. The molecule has 0 radical (unpaired) electrons. The molecule has 0 fully saturated rings. The summed E-state index contributed by atoms with van der Waals surface area (Å²) in [6.07, 6.45) is 0.631. The number of hydrogen-bond donors (Lipinski definition) is 0. The molecule has 0 saturated carbocycles. The highest BCUT2D eigenvalue weighted by molar-refractivity contribution is 6.21. The van der Waals surface area contributed by atoms with E-state index in [0.29, 0.717) is 30.7 Å². The average Bonchev–Trinajstić information content (AvgIpc) is 2.61. The van der Waals surface area contributed by atoms with Crippen LogP contribution in [0.1, 0.15) is 47.9 Å². The Balaban J connectivity index is 2.09. The number of carbonyl (C=O) groups is 2. The standard InChI is InChI=1S/C15H19NO3/c1-4-19-15(2,3)9-10-16-13(17)11-7-5-6-8-12(11)14(16)18/h5-8H,4,9-10H2,1-3H3. The highest BCUT2D eigenvalue weighted by Gasteiger charge is 2.35. The van der Waals surface area contributed by atoms with E-state index < -0.39 is 0 Å². The van der Waals surface area contributed by atoms with E-state index >= 15 is 0 Å². The maximum Gasteiger partial charge on any atom is 0.261 e. The smallest absolute Gasteiger partial charge is 0.261 e. The topological polar surface area (TPSA) is 46.6 Å². The van der Waals surface area contributed by atoms with E-state index in [2.05, 4.69) is 0 Å². The van der Waals surface area contributed by atoms with E-state index in [-0.39, 0.29) is 17.4 Å². The summed E-state index contributed by atoms with van der Waals surface area (Å²) < 4.78 is 5.59. The lowest BCUT2D eigenvalue weighted by Crippen LogP contribution is -2.36. The van der Waals surface area contributed by atoms with Crippen molar-refractivity contribution in [3.05, 3.63) is 35.4 Å². The summed E-state index contributed by atoms with van der Waals surface area (Å²) in [6.45, 7) is 6.88. The number of hydrogen-bond acceptors (Lipinski definition) is 3. The SMILES string of the molecule is CCOC(C)(C)CCN1C(=O)c2ccccc2C1=O. The number of nitrogens with zero attached hydrogens (tertiary/aromatic N) is 1. The Kier molecular flexibility index (Phi) is 3.71. The largest absolute Gasteiger partial charge is 0.376 e. The monoisotopic (exact) mass is 261 g/mol. The van der Waals surface area contributed by atoms with Gasteiger partial charge in [-0.05, 0) is 39.3 Å². The van der Waals surface area contributed by atoms with Crippen molar-refractivity contribution in [3.8, 4) is 0 Å². The maximum absolute atomic E-state index is 12.1. The van der Waals surface area contributed by atoms with E-state index in [9.17, 15) is 9.59 Å². The molecule has 19 heavy (non-hydrogen) atoms. The average molecular weight is 261 g/mol. The Morgan fingerprint density at radius 2 is 1.63 bits per heavy atom. The molecule has 1 aromatic rings. The van der Waals surface area contributed by atoms with E-state index in [1.807, 2.05) is 20.8 Å². The van der Waals surface area contributed by atoms with Crippen LogP contribution in [0.2, 0.25) is 0 Å². The molecule has 4 heteroatoms. The Morgan fingerprint density at radius 3 is 2.11 bits per heavy atom. The zero-order valence-electron chi connectivity index (χ0n) is 11.6. The molecule has 0 aliphatic carbocycles. The second-order valence-corrected chi connectivity index (χ2v) is 5.25. The van der Waals surface area contributed by atoms with Gasteiger partial charge >= 0.3 is 0 Å². The van der Waals surface area contributed by atoms with Crippen LogP contribution in [0, 0.1) is 0 Å². The van der Waals surface area contributed by atoms with Gasteiger partial charge in [0.05, 0.1) is 16.7 Å². The summed E-state index contributed by atoms with van der Waals surface area (Å²) in [5, 5.41) is 0. The molecule has 2 rings (SSSR count). The first-order chi connectivity index (χ1) is 8.96. The van der Waals surface area contributed by atoms with E-state index in [4.69, 9.17) is 4.74 Å². The molecule has 1 aromatic carbocycles. The summed E-state index contributed by atoms with van der Waals surface area (Å²) in [6, 6.07) is 6.95. The summed E-state index contributed by atoms with van der Waals surface area (Å²) in [5.74, 6) is -0.402. The molecule has 102 valence electrons. The van der Waals surface area contributed by atoms with E-state index in [1.165, 1.54) is 4.90 Å². The number of benzene rings is 1. The van der Waals surface area contributed by atoms with Gasteiger partial charge in [0.1, 0.15) is 0 Å². The Hall–Kier alpha value is -1.68. The number of carbonyl (C=O) groups excluding carboxylic acids is 2. The molecule has 0 atom stereocenters. The number of rotatable bonds is 5. The maximum atomic E-state index is 12.1. The molecule has 0 unspecified atom stereocenters. The summed E-state index contributed by atoms with van der Waals surface area (Å²) in [5.41, 5.74) is 0.674. The molecular formula is C15H19NO3. The van der Waals surface area contributed by atoms with Gasteiger partial charge < -0.3 is 4.74 Å². The highest BCUT2D eigenvalue weighted by atomic mass is 16.5. The quantitative estimate of drug-likeness (QED) is 0.765. The van der Waals surface area contributed by atoms with Crippen LogP contribution in [0.15, 0.2) is 24.3 Å². The van der Waals surface area contributed by atoms with Crippen molar-refractivity contribution < 1.29 is 14.3 Å². The number of imide groups is 1. The zero-order valence-corrected chi connectivity index (χ0v) is 11.6. The van der Waals surface area contributed by atoms with Crippen molar-refractivity contribution in [1.29, 1.82) is 0 Å². The minimum atomic E-state index is -0.329. The molecule has 0 spiro atoms. The molecule has 1 aliphatic heterocycles. The van der Waals surface area contributed by atoms with Gasteiger partial charge in [0, 0.05) is 13.2 Å². The fraction of sp³-hybridized carbons (Fsp3) is 0.467. The summed E-state index contributed by atoms with van der Waals surface area (Å²) >= 11 is 0. The summed E-state index contributed by atoms with van der Waals surface area (Å²) in [7, 11) is 0. The predicted octanol–water partition coefficient (Wildman–Crippen LogP) is 2.49. The number of amides is 2. The fourth-order valence-electron chi connectivity index (χ4n) is 2.29. The lowest BCUT2D eigenvalue weighted by molar-refractivity contribution is -0.0197. The third-order valence-electron chi connectivity index (χ3n) is 3.35. The van der Waals surface area contributed by atoms with Crippen molar-refractivity contribution in [2.45, 2.75) is 32.8 Å². The van der Waals surface area contributed by atoms with Gasteiger partial charge in [-0.3, -0.25) is 14.5 Å². The van der Waals surface area contributed by atoms with Crippen LogP contribution in [0.4, 0.5) is 0 Å². The molecule has 2 amide bonds. The van der Waals surface area contributed by atoms with Crippen molar-refractivity contribution in [3.63, 3.8) is 0 Å². The molecule has 0 saturated heterocycles. The van der Waals surface area contributed by atoms with Crippen molar-refractivity contribution in [1.82, 2.24) is 4.90 Å². The molecule has 1 heterocycles. The van der Waals surface area contributed by atoms with Crippen molar-refractivity contribution in [2.75, 3.05) is 13.2 Å². The normalized spacial score (nSPS) is 15.0. The van der Waals surface area contributed by atoms with Crippen LogP contribution in [0.3, 0.4) is 0 Å². The van der Waals surface area contributed by atoms with Crippen LogP contribution in [-0.2, 0) is 4.74 Å². The highest BCUT2D eigenvalue weighted by Crippen LogP contribution is 2.24. The van der Waals surface area contributed by atoms with Crippen LogP contribution < -0.4 is 0 Å². The van der Waals surface area contributed by atoms with Gasteiger partial charge in [-0.25, -0.2) is 0 Å². The van der Waals surface area contributed by atoms with Crippen molar-refractivity contribution >= 4 is 11.8 Å². The third-order valence-corrected chi connectivity index (χ3v) is 3.35. The molecule has 4 nitrogen and oxygen atoms in total. The predicted molar refractivity (Wildman–Crippen MR) is 72.1 cm³/mol. The van der Waals surface area contributed by atoms with Gasteiger partial charge in [0.2, 0.25) is 0 Å². The minimum absolute atomic E-state index is 0.201. The summed E-state index contributed by atoms with van der Waals surface area (Å²) in [4.78, 5) is 25.6. The van der Waals surface area contributed by atoms with Crippen LogP contribution >= 0.6 is 0 Å². The lowest BCUT2D eigenvalue weighted by Gasteiger charge is -2.26. The zero-order chi connectivity index (χ0) is 14.0. The Morgan fingerprint density at radius 1 is 1.11 bits per heavy atom. The number of fused-ring (bicyclic) bond motifs is 1. The molecular weight excluding hydrogens is 242 g/mol. The second-order valence-electron chi connectivity index (χ2n) is 5.25. The van der Waals surface area contributed by atoms with Gasteiger partial charge in [0.15, 0.2) is 0 Å². The van der Waals surface area contributed by atoms with E-state index in [1.54, 1.807) is 24.3 Å². The first-order valence-corrected chi connectivity index (χ1v) is 6.55.